The Morgan fingerprint density at radius 3 is 2.57 bits per heavy atom. The zero-order valence-corrected chi connectivity index (χ0v) is 24.5. The van der Waals surface area contributed by atoms with E-state index in [4.69, 9.17) is 4.65 Å². The predicted octanol–water partition coefficient (Wildman–Crippen LogP) is 6.04. The van der Waals surface area contributed by atoms with Gasteiger partial charge in [-0.3, -0.25) is 19.5 Å². The Hall–Kier alpha value is -3.23. The zero-order valence-electron chi connectivity index (χ0n) is 24.5. The van der Waals surface area contributed by atoms with Crippen molar-refractivity contribution in [2.75, 3.05) is 0 Å². The van der Waals surface area contributed by atoms with Crippen LogP contribution in [0.15, 0.2) is 59.8 Å². The maximum atomic E-state index is 14.0. The number of phenolic OH excluding ortho intramolecular Hbond substituents is 1. The number of pyridine rings is 1. The number of imide groups is 1. The fourth-order valence-electron chi connectivity index (χ4n) is 7.91. The van der Waals surface area contributed by atoms with Crippen LogP contribution in [-0.4, -0.2) is 51.1 Å². The van der Waals surface area contributed by atoms with E-state index in [0.717, 1.165) is 60.9 Å². The summed E-state index contributed by atoms with van der Waals surface area (Å²) in [5.74, 6) is -0.697. The van der Waals surface area contributed by atoms with E-state index in [1.54, 1.807) is 23.2 Å². The Balaban J connectivity index is 1.30. The molecule has 2 aliphatic carbocycles. The third kappa shape index (κ3) is 5.71. The molecule has 42 heavy (non-hydrogen) atoms. The summed E-state index contributed by atoms with van der Waals surface area (Å²) in [7, 11) is -0.976. The maximum absolute atomic E-state index is 14.0. The number of carbonyl (C=O) groups is 2. The second kappa shape index (κ2) is 12.6. The van der Waals surface area contributed by atoms with Crippen LogP contribution >= 0.6 is 0 Å². The van der Waals surface area contributed by atoms with Gasteiger partial charge in [-0.15, -0.1) is 0 Å². The Kier molecular flexibility index (Phi) is 8.64. The van der Waals surface area contributed by atoms with Crippen molar-refractivity contribution < 1.29 is 24.4 Å². The van der Waals surface area contributed by atoms with Gasteiger partial charge in [-0.25, -0.2) is 0 Å². The summed E-state index contributed by atoms with van der Waals surface area (Å²) >= 11 is 0. The first-order valence-electron chi connectivity index (χ1n) is 15.8. The van der Waals surface area contributed by atoms with Crippen LogP contribution in [0.5, 0.6) is 5.75 Å². The summed E-state index contributed by atoms with van der Waals surface area (Å²) in [5.41, 5.74) is 5.25. The highest BCUT2D eigenvalue weighted by Crippen LogP contribution is 2.52. The minimum Gasteiger partial charge on any atom is -0.508 e. The van der Waals surface area contributed by atoms with Gasteiger partial charge in [0, 0.05) is 12.2 Å². The van der Waals surface area contributed by atoms with Crippen molar-refractivity contribution in [3.8, 4) is 5.75 Å². The molecule has 3 fully saturated rings. The second-order valence-corrected chi connectivity index (χ2v) is 12.4. The SMILES string of the molecule is CCCC1=C2[C@@H](CC/C(=C/c3ccc(O)cc3)c3ccccn3)OB(O)C[C@@H]2[C@@H]2C(=O)N(C3CCCCC3)C(=O)[C@@H]2C1. The van der Waals surface area contributed by atoms with Gasteiger partial charge in [0.05, 0.1) is 23.6 Å². The van der Waals surface area contributed by atoms with Crippen molar-refractivity contribution in [2.24, 2.45) is 17.8 Å². The number of fused-ring (bicyclic) bond motifs is 3. The average molecular weight is 569 g/mol. The van der Waals surface area contributed by atoms with Gasteiger partial charge in [0.1, 0.15) is 5.75 Å². The summed E-state index contributed by atoms with van der Waals surface area (Å²) in [4.78, 5) is 34.0. The number of nitrogens with zero attached hydrogens (tertiary/aromatic N) is 2. The maximum Gasteiger partial charge on any atom is 0.455 e. The normalized spacial score (nSPS) is 27.0. The van der Waals surface area contributed by atoms with Gasteiger partial charge in [-0.2, -0.15) is 0 Å². The van der Waals surface area contributed by atoms with E-state index < -0.39 is 13.0 Å². The third-order valence-corrected chi connectivity index (χ3v) is 9.74. The van der Waals surface area contributed by atoms with Crippen molar-refractivity contribution in [3.63, 3.8) is 0 Å². The van der Waals surface area contributed by atoms with E-state index in [0.29, 0.717) is 25.6 Å². The molecule has 4 atom stereocenters. The van der Waals surface area contributed by atoms with Crippen molar-refractivity contribution >= 4 is 30.6 Å². The number of amides is 2. The zero-order chi connectivity index (χ0) is 29.2. The van der Waals surface area contributed by atoms with E-state index in [-0.39, 0.29) is 41.5 Å². The molecule has 0 unspecified atom stereocenters. The molecule has 0 bridgehead atoms. The molecular formula is C34H41BN2O5. The summed E-state index contributed by atoms with van der Waals surface area (Å²) < 4.78 is 6.25. The molecule has 2 N–H and O–H groups in total. The molecule has 7 nitrogen and oxygen atoms in total. The molecule has 2 amide bonds. The van der Waals surface area contributed by atoms with Crippen LogP contribution in [0.25, 0.3) is 11.6 Å². The summed E-state index contributed by atoms with van der Waals surface area (Å²) in [6.07, 6.45) is 12.7. The Bertz CT molecular complexity index is 1350. The lowest BCUT2D eigenvalue weighted by Crippen LogP contribution is -2.46. The van der Waals surface area contributed by atoms with Gasteiger partial charge in [0.25, 0.3) is 0 Å². The van der Waals surface area contributed by atoms with Gasteiger partial charge in [0.15, 0.2) is 0 Å². The summed E-state index contributed by atoms with van der Waals surface area (Å²) in [6, 6.07) is 13.0. The largest absolute Gasteiger partial charge is 0.508 e. The average Bonchev–Trinajstić information content (AvgIpc) is 3.26. The van der Waals surface area contributed by atoms with Crippen LogP contribution in [0, 0.1) is 17.8 Å². The minimum absolute atomic E-state index is 0.0105. The quantitative estimate of drug-likeness (QED) is 0.229. The Morgan fingerprint density at radius 2 is 1.86 bits per heavy atom. The number of allylic oxidation sites excluding steroid dienone is 2. The number of aromatic hydroxyl groups is 1. The van der Waals surface area contributed by atoms with Gasteiger partial charge < -0.3 is 14.8 Å². The number of rotatable bonds is 8. The molecule has 1 aromatic carbocycles. The Morgan fingerprint density at radius 1 is 1.07 bits per heavy atom. The number of likely N-dealkylation sites (tertiary alicyclic amines) is 1. The second-order valence-electron chi connectivity index (χ2n) is 12.4. The van der Waals surface area contributed by atoms with Crippen LogP contribution < -0.4 is 0 Å². The van der Waals surface area contributed by atoms with Crippen LogP contribution in [0.2, 0.25) is 6.32 Å². The first-order valence-corrected chi connectivity index (χ1v) is 15.8. The fraction of sp³-hybridized carbons (Fsp3) is 0.500. The highest BCUT2D eigenvalue weighted by atomic mass is 16.5. The monoisotopic (exact) mass is 568 g/mol. The third-order valence-electron chi connectivity index (χ3n) is 9.74. The number of phenols is 1. The number of hydrogen-bond donors (Lipinski definition) is 2. The van der Waals surface area contributed by atoms with Crippen LogP contribution in [0.1, 0.15) is 82.4 Å². The van der Waals surface area contributed by atoms with Crippen molar-refractivity contribution in [3.05, 3.63) is 71.1 Å². The summed E-state index contributed by atoms with van der Waals surface area (Å²) in [5, 5.41) is 20.7. The molecule has 4 aliphatic rings. The molecular weight excluding hydrogens is 527 g/mol. The molecule has 2 saturated heterocycles. The van der Waals surface area contributed by atoms with E-state index in [1.807, 2.05) is 30.3 Å². The first kappa shape index (κ1) is 28.9. The standard InChI is InChI=1S/C34H41BN2O5/c1-2-8-24-20-27-32(34(40)37(33(27)39)25-9-4-3-5-10-25)28-21-35(41)42-30(31(24)28)17-14-23(29-11-6-7-18-36-29)19-22-12-15-26(38)16-13-22/h6-7,11-13,15-16,18-19,25,27-28,30,32,38,41H,2-5,8-10,14,17,20-21H2,1H3/b23-19-/t27-,28+,30-,32-/m1/s1. The van der Waals surface area contributed by atoms with Gasteiger partial charge in [-0.05, 0) is 97.8 Å². The fourth-order valence-corrected chi connectivity index (χ4v) is 7.91. The predicted molar refractivity (Wildman–Crippen MR) is 163 cm³/mol. The molecule has 8 heteroatoms. The molecule has 220 valence electrons. The number of hydrogen-bond acceptors (Lipinski definition) is 6. The molecule has 0 spiro atoms. The van der Waals surface area contributed by atoms with Gasteiger partial charge >= 0.3 is 7.12 Å². The molecule has 1 aromatic heterocycles. The number of benzene rings is 1. The molecule has 2 aromatic rings. The molecule has 3 heterocycles. The summed E-state index contributed by atoms with van der Waals surface area (Å²) in [6.45, 7) is 2.15. The van der Waals surface area contributed by atoms with Crippen LogP contribution in [0.3, 0.4) is 0 Å². The number of carbonyl (C=O) groups excluding carboxylic acids is 2. The van der Waals surface area contributed by atoms with Crippen molar-refractivity contribution in [1.29, 1.82) is 0 Å². The van der Waals surface area contributed by atoms with E-state index >= 15 is 0 Å². The molecule has 6 rings (SSSR count). The van der Waals surface area contributed by atoms with Crippen molar-refractivity contribution in [2.45, 2.75) is 89.6 Å². The minimum atomic E-state index is -0.976. The first-order chi connectivity index (χ1) is 20.4. The lowest BCUT2D eigenvalue weighted by Gasteiger charge is -2.43. The lowest BCUT2D eigenvalue weighted by molar-refractivity contribution is -0.143. The molecule has 0 radical (unpaired) electrons. The lowest BCUT2D eigenvalue weighted by atomic mass is 9.58. The van der Waals surface area contributed by atoms with Crippen LogP contribution in [-0.2, 0) is 14.2 Å². The van der Waals surface area contributed by atoms with Gasteiger partial charge in [-0.1, -0.05) is 56.4 Å². The molecule has 1 saturated carbocycles. The van der Waals surface area contributed by atoms with E-state index in [1.165, 1.54) is 12.0 Å². The van der Waals surface area contributed by atoms with Gasteiger partial charge in [0.2, 0.25) is 11.8 Å². The smallest absolute Gasteiger partial charge is 0.455 e. The van der Waals surface area contributed by atoms with E-state index in [9.17, 15) is 19.7 Å². The van der Waals surface area contributed by atoms with Crippen molar-refractivity contribution in [1.82, 2.24) is 9.88 Å². The Labute approximate surface area is 248 Å². The van der Waals surface area contributed by atoms with E-state index in [2.05, 4.69) is 18.0 Å². The highest BCUT2D eigenvalue weighted by molar-refractivity contribution is 6.43. The highest BCUT2D eigenvalue weighted by Gasteiger charge is 2.58. The molecule has 2 aliphatic heterocycles. The van der Waals surface area contributed by atoms with Crippen LogP contribution in [0.4, 0.5) is 0 Å². The number of aromatic nitrogens is 1. The topological polar surface area (TPSA) is 100.0 Å².